The minimum absolute atomic E-state index is 0.0258. The molecule has 0 aliphatic rings. The van der Waals surface area contributed by atoms with Gasteiger partial charge < -0.3 is 5.11 Å². The van der Waals surface area contributed by atoms with E-state index in [1.807, 2.05) is 6.07 Å². The van der Waals surface area contributed by atoms with Crippen LogP contribution in [0.5, 0.6) is 5.75 Å². The molecule has 138 valence electrons. The van der Waals surface area contributed by atoms with Crippen molar-refractivity contribution < 1.29 is 18.3 Å². The molecule has 3 aromatic rings. The van der Waals surface area contributed by atoms with Crippen molar-refractivity contribution >= 4 is 12.3 Å². The molecule has 0 saturated carbocycles. The summed E-state index contributed by atoms with van der Waals surface area (Å²) < 4.78 is 41.0. The fraction of sp³-hybridized carbons (Fsp3) is 0.100. The van der Waals surface area contributed by atoms with Gasteiger partial charge in [0.25, 0.3) is 5.56 Å². The van der Waals surface area contributed by atoms with Crippen LogP contribution in [0, 0.1) is 6.92 Å². The van der Waals surface area contributed by atoms with E-state index in [9.17, 15) is 23.1 Å². The number of para-hydroxylation sites is 1. The standard InChI is InChI=1S/C20H15F3N2O2/c1-13-17(20(21,22)23)24-18(15-9-5-6-10-16(15)26)25(19(13)27)12-11-14-7-3-2-4-8-14/h2-12,26H,1H3. The summed E-state index contributed by atoms with van der Waals surface area (Å²) in [5, 5.41) is 10.1. The van der Waals surface area contributed by atoms with Gasteiger partial charge in [0.05, 0.1) is 5.56 Å². The molecule has 0 saturated heterocycles. The van der Waals surface area contributed by atoms with Crippen LogP contribution >= 0.6 is 0 Å². The summed E-state index contributed by atoms with van der Waals surface area (Å²) in [6.07, 6.45) is -1.86. The van der Waals surface area contributed by atoms with Crippen LogP contribution in [0.1, 0.15) is 16.8 Å². The molecule has 2 aromatic carbocycles. The second kappa shape index (κ2) is 7.11. The maximum absolute atomic E-state index is 13.3. The van der Waals surface area contributed by atoms with E-state index in [1.165, 1.54) is 24.4 Å². The number of phenolic OH excluding ortho intramolecular Hbond substituents is 1. The first-order chi connectivity index (χ1) is 12.8. The number of alkyl halides is 3. The highest BCUT2D eigenvalue weighted by atomic mass is 19.4. The van der Waals surface area contributed by atoms with Gasteiger partial charge in [-0.2, -0.15) is 13.2 Å². The molecule has 1 aromatic heterocycles. The van der Waals surface area contributed by atoms with Crippen molar-refractivity contribution in [2.75, 3.05) is 0 Å². The molecule has 7 heteroatoms. The second-order valence-corrected chi connectivity index (χ2v) is 5.83. The highest BCUT2D eigenvalue weighted by molar-refractivity contribution is 5.69. The normalized spacial score (nSPS) is 11.9. The second-order valence-electron chi connectivity index (χ2n) is 5.83. The van der Waals surface area contributed by atoms with Gasteiger partial charge in [0, 0.05) is 11.8 Å². The number of rotatable bonds is 3. The molecule has 4 nitrogen and oxygen atoms in total. The summed E-state index contributed by atoms with van der Waals surface area (Å²) in [6.45, 7) is 1.08. The Kier molecular flexibility index (Phi) is 4.85. The molecule has 0 spiro atoms. The molecule has 27 heavy (non-hydrogen) atoms. The van der Waals surface area contributed by atoms with Crippen LogP contribution in [0.15, 0.2) is 59.4 Å². The third-order valence-corrected chi connectivity index (χ3v) is 3.97. The van der Waals surface area contributed by atoms with E-state index in [4.69, 9.17) is 0 Å². The zero-order chi connectivity index (χ0) is 19.6. The fourth-order valence-electron chi connectivity index (χ4n) is 2.61. The van der Waals surface area contributed by atoms with Crippen molar-refractivity contribution in [1.82, 2.24) is 9.55 Å². The average Bonchev–Trinajstić information content (AvgIpc) is 2.63. The molecule has 0 bridgehead atoms. The molecule has 0 aliphatic carbocycles. The monoisotopic (exact) mass is 372 g/mol. The Labute approximate surface area is 152 Å². The number of nitrogens with zero attached hydrogens (tertiary/aromatic N) is 2. The summed E-state index contributed by atoms with van der Waals surface area (Å²) >= 11 is 0. The minimum atomic E-state index is -4.79. The van der Waals surface area contributed by atoms with E-state index in [2.05, 4.69) is 4.98 Å². The molecule has 1 N–H and O–H groups in total. The molecule has 0 unspecified atom stereocenters. The summed E-state index contributed by atoms with van der Waals surface area (Å²) in [4.78, 5) is 16.3. The van der Waals surface area contributed by atoms with Crippen molar-refractivity contribution in [3.8, 4) is 17.1 Å². The van der Waals surface area contributed by atoms with Gasteiger partial charge in [-0.1, -0.05) is 42.5 Å². The lowest BCUT2D eigenvalue weighted by atomic mass is 10.1. The zero-order valence-electron chi connectivity index (χ0n) is 14.2. The average molecular weight is 372 g/mol. The predicted octanol–water partition coefficient (Wildman–Crippen LogP) is 4.57. The van der Waals surface area contributed by atoms with Crippen LogP contribution in [-0.2, 0) is 6.18 Å². The van der Waals surface area contributed by atoms with Gasteiger partial charge in [-0.3, -0.25) is 9.36 Å². The van der Waals surface area contributed by atoms with Crippen LogP contribution in [0.3, 0.4) is 0 Å². The van der Waals surface area contributed by atoms with E-state index in [0.29, 0.717) is 0 Å². The third-order valence-electron chi connectivity index (χ3n) is 3.97. The quantitative estimate of drug-likeness (QED) is 0.733. The fourth-order valence-corrected chi connectivity index (χ4v) is 2.61. The Morgan fingerprint density at radius 2 is 1.67 bits per heavy atom. The molecule has 0 atom stereocenters. The molecule has 0 aliphatic heterocycles. The Hall–Kier alpha value is -3.35. The first-order valence-electron chi connectivity index (χ1n) is 8.01. The number of halogens is 3. The summed E-state index contributed by atoms with van der Waals surface area (Å²) in [5.41, 5.74) is -1.86. The van der Waals surface area contributed by atoms with Crippen molar-refractivity contribution in [3.63, 3.8) is 0 Å². The number of aromatic nitrogens is 2. The van der Waals surface area contributed by atoms with E-state index in [1.54, 1.807) is 36.4 Å². The van der Waals surface area contributed by atoms with Crippen molar-refractivity contribution in [1.29, 1.82) is 0 Å². The zero-order valence-corrected chi connectivity index (χ0v) is 14.2. The molecule has 0 amide bonds. The lowest BCUT2D eigenvalue weighted by molar-refractivity contribution is -0.141. The minimum Gasteiger partial charge on any atom is -0.507 e. The molecular formula is C20H15F3N2O2. The number of benzene rings is 2. The van der Waals surface area contributed by atoms with Crippen LogP contribution < -0.4 is 5.56 Å². The lowest BCUT2D eigenvalue weighted by Crippen LogP contribution is -2.27. The van der Waals surface area contributed by atoms with Crippen LogP contribution in [-0.4, -0.2) is 14.7 Å². The number of hydrogen-bond donors (Lipinski definition) is 1. The van der Waals surface area contributed by atoms with E-state index in [-0.39, 0.29) is 17.1 Å². The Morgan fingerprint density at radius 3 is 2.30 bits per heavy atom. The molecule has 0 fully saturated rings. The largest absolute Gasteiger partial charge is 0.507 e. The van der Waals surface area contributed by atoms with Gasteiger partial charge in [-0.25, -0.2) is 4.98 Å². The van der Waals surface area contributed by atoms with Crippen molar-refractivity contribution in [2.24, 2.45) is 0 Å². The maximum atomic E-state index is 13.3. The van der Waals surface area contributed by atoms with Crippen molar-refractivity contribution in [2.45, 2.75) is 13.1 Å². The third kappa shape index (κ3) is 3.76. The highest BCUT2D eigenvalue weighted by Gasteiger charge is 2.37. The van der Waals surface area contributed by atoms with Crippen molar-refractivity contribution in [3.05, 3.63) is 81.8 Å². The Morgan fingerprint density at radius 1 is 1.04 bits per heavy atom. The van der Waals surface area contributed by atoms with Crippen LogP contribution in [0.25, 0.3) is 23.7 Å². The first-order valence-corrected chi connectivity index (χ1v) is 8.01. The summed E-state index contributed by atoms with van der Waals surface area (Å²) in [6, 6.07) is 14.8. The van der Waals surface area contributed by atoms with E-state index >= 15 is 0 Å². The van der Waals surface area contributed by atoms with Gasteiger partial charge in [-0.15, -0.1) is 0 Å². The van der Waals surface area contributed by atoms with Gasteiger partial charge in [0.1, 0.15) is 5.75 Å². The molecule has 0 radical (unpaired) electrons. The summed E-state index contributed by atoms with van der Waals surface area (Å²) in [7, 11) is 0. The molecular weight excluding hydrogens is 357 g/mol. The SMILES string of the molecule is Cc1c(C(F)(F)F)nc(-c2ccccc2O)n(C=Cc2ccccc2)c1=O. The smallest absolute Gasteiger partial charge is 0.433 e. The summed E-state index contributed by atoms with van der Waals surface area (Å²) in [5.74, 6) is -0.563. The lowest BCUT2D eigenvalue weighted by Gasteiger charge is -2.15. The van der Waals surface area contributed by atoms with Crippen LogP contribution in [0.4, 0.5) is 13.2 Å². The highest BCUT2D eigenvalue weighted by Crippen LogP contribution is 2.33. The molecule has 3 rings (SSSR count). The van der Waals surface area contributed by atoms with Gasteiger partial charge >= 0.3 is 6.18 Å². The van der Waals surface area contributed by atoms with Gasteiger partial charge in [0.15, 0.2) is 11.5 Å². The molecule has 1 heterocycles. The van der Waals surface area contributed by atoms with Gasteiger partial charge in [-0.05, 0) is 30.7 Å². The number of hydrogen-bond acceptors (Lipinski definition) is 3. The Balaban J connectivity index is 2.28. The van der Waals surface area contributed by atoms with Gasteiger partial charge in [0.2, 0.25) is 0 Å². The Bertz CT molecular complexity index is 1060. The van der Waals surface area contributed by atoms with Crippen LogP contribution in [0.2, 0.25) is 0 Å². The topological polar surface area (TPSA) is 55.1 Å². The van der Waals surface area contributed by atoms with E-state index in [0.717, 1.165) is 17.1 Å². The predicted molar refractivity (Wildman–Crippen MR) is 97.0 cm³/mol. The maximum Gasteiger partial charge on any atom is 0.433 e. The number of phenols is 1. The number of aromatic hydroxyl groups is 1. The van der Waals surface area contributed by atoms with E-state index < -0.39 is 23.0 Å². The first kappa shape index (κ1) is 18.4.